The summed E-state index contributed by atoms with van der Waals surface area (Å²) < 4.78 is 5.17. The molecule has 0 saturated carbocycles. The van der Waals surface area contributed by atoms with E-state index in [0.717, 1.165) is 18.4 Å². The molecule has 2 aromatic rings. The molecule has 0 radical (unpaired) electrons. The predicted octanol–water partition coefficient (Wildman–Crippen LogP) is 2.82. The highest BCUT2D eigenvalue weighted by Gasteiger charge is 2.19. The van der Waals surface area contributed by atoms with E-state index in [4.69, 9.17) is 4.74 Å². The summed E-state index contributed by atoms with van der Waals surface area (Å²) in [5, 5.41) is 0. The molecule has 0 N–H and O–H groups in total. The number of esters is 1. The fourth-order valence-corrected chi connectivity index (χ4v) is 2.32. The lowest BCUT2D eigenvalue weighted by Crippen LogP contribution is -2.14. The second kappa shape index (κ2) is 5.25. The number of hydrogen-bond acceptors (Lipinski definition) is 4. The van der Waals surface area contributed by atoms with Crippen LogP contribution in [0.3, 0.4) is 0 Å². The van der Waals surface area contributed by atoms with Crippen molar-refractivity contribution in [2.24, 2.45) is 0 Å². The lowest BCUT2D eigenvalue weighted by atomic mass is 9.89. The molecule has 4 heteroatoms. The fraction of sp³-hybridized carbons (Fsp3) is 0.188. The Morgan fingerprint density at radius 3 is 2.85 bits per heavy atom. The molecule has 0 unspecified atom stereocenters. The number of Topliss-reactive ketones (excluding diaryl/α,β-unsaturated/α-hetero) is 1. The van der Waals surface area contributed by atoms with Gasteiger partial charge in [0.1, 0.15) is 0 Å². The highest BCUT2D eigenvalue weighted by Crippen LogP contribution is 2.22. The summed E-state index contributed by atoms with van der Waals surface area (Å²) in [6.07, 6.45) is 3.87. The van der Waals surface area contributed by atoms with Crippen LogP contribution in [0.1, 0.15) is 39.1 Å². The minimum atomic E-state index is -0.495. The Labute approximate surface area is 116 Å². The summed E-state index contributed by atoms with van der Waals surface area (Å²) >= 11 is 0. The second-order valence-corrected chi connectivity index (χ2v) is 4.71. The topological polar surface area (TPSA) is 56.3 Å². The van der Waals surface area contributed by atoms with Gasteiger partial charge < -0.3 is 4.74 Å². The minimum Gasteiger partial charge on any atom is -0.404 e. The molecule has 0 aliphatic heterocycles. The third kappa shape index (κ3) is 2.45. The molecule has 4 nitrogen and oxygen atoms in total. The SMILES string of the molecule is O=C(Oc1ccccn1)c1ccc2c(c1)C(=O)CCC2. The van der Waals surface area contributed by atoms with Crippen molar-refractivity contribution >= 4 is 11.8 Å². The molecule has 1 aromatic heterocycles. The van der Waals surface area contributed by atoms with Crippen LogP contribution in [-0.2, 0) is 6.42 Å². The maximum absolute atomic E-state index is 12.0. The number of rotatable bonds is 2. The first-order valence-corrected chi connectivity index (χ1v) is 6.53. The zero-order valence-corrected chi connectivity index (χ0v) is 10.8. The van der Waals surface area contributed by atoms with E-state index in [2.05, 4.69) is 4.98 Å². The summed E-state index contributed by atoms with van der Waals surface area (Å²) in [6.45, 7) is 0. The number of hydrogen-bond donors (Lipinski definition) is 0. The zero-order valence-electron chi connectivity index (χ0n) is 10.8. The quantitative estimate of drug-likeness (QED) is 0.785. The monoisotopic (exact) mass is 267 g/mol. The van der Waals surface area contributed by atoms with Crippen LogP contribution in [0.25, 0.3) is 0 Å². The number of aryl methyl sites for hydroxylation is 1. The largest absolute Gasteiger partial charge is 0.404 e. The van der Waals surface area contributed by atoms with Crippen LogP contribution in [0, 0.1) is 0 Å². The third-order valence-corrected chi connectivity index (χ3v) is 3.33. The molecule has 3 rings (SSSR count). The molecule has 0 atom stereocenters. The van der Waals surface area contributed by atoms with Crippen molar-refractivity contribution < 1.29 is 14.3 Å². The smallest absolute Gasteiger partial charge is 0.344 e. The fourth-order valence-electron chi connectivity index (χ4n) is 2.32. The van der Waals surface area contributed by atoms with Gasteiger partial charge in [0.2, 0.25) is 5.88 Å². The normalized spacial score (nSPS) is 13.7. The number of nitrogens with zero attached hydrogens (tertiary/aromatic N) is 1. The van der Waals surface area contributed by atoms with Crippen LogP contribution in [0.5, 0.6) is 5.88 Å². The van der Waals surface area contributed by atoms with E-state index in [0.29, 0.717) is 17.5 Å². The Morgan fingerprint density at radius 1 is 1.15 bits per heavy atom. The van der Waals surface area contributed by atoms with E-state index >= 15 is 0 Å². The van der Waals surface area contributed by atoms with Crippen LogP contribution in [-0.4, -0.2) is 16.7 Å². The lowest BCUT2D eigenvalue weighted by Gasteiger charge is -2.15. The standard InChI is InChI=1S/C16H13NO3/c18-14-5-3-4-11-7-8-12(10-13(11)14)16(19)20-15-6-1-2-9-17-15/h1-2,6-10H,3-5H2. The predicted molar refractivity (Wildman–Crippen MR) is 72.9 cm³/mol. The first-order chi connectivity index (χ1) is 9.74. The van der Waals surface area contributed by atoms with Gasteiger partial charge in [-0.3, -0.25) is 4.79 Å². The van der Waals surface area contributed by atoms with Gasteiger partial charge in [-0.15, -0.1) is 0 Å². The molecule has 20 heavy (non-hydrogen) atoms. The Balaban J connectivity index is 1.85. The molecule has 1 aliphatic rings. The van der Waals surface area contributed by atoms with Crippen LogP contribution in [0.2, 0.25) is 0 Å². The molecule has 0 bridgehead atoms. The Bertz CT molecular complexity index is 665. The van der Waals surface area contributed by atoms with Crippen molar-refractivity contribution in [3.8, 4) is 5.88 Å². The molecular formula is C16H13NO3. The zero-order chi connectivity index (χ0) is 13.9. The summed E-state index contributed by atoms with van der Waals surface area (Å²) in [6, 6.07) is 10.3. The molecule has 0 amide bonds. The van der Waals surface area contributed by atoms with E-state index in [-0.39, 0.29) is 11.7 Å². The molecule has 0 spiro atoms. The van der Waals surface area contributed by atoms with Crippen molar-refractivity contribution in [2.45, 2.75) is 19.3 Å². The van der Waals surface area contributed by atoms with Crippen molar-refractivity contribution in [1.82, 2.24) is 4.98 Å². The molecule has 1 aromatic carbocycles. The number of carbonyl (C=O) groups excluding carboxylic acids is 2. The second-order valence-electron chi connectivity index (χ2n) is 4.71. The molecule has 1 aliphatic carbocycles. The van der Waals surface area contributed by atoms with Crippen molar-refractivity contribution in [2.75, 3.05) is 0 Å². The van der Waals surface area contributed by atoms with E-state index in [1.54, 1.807) is 36.5 Å². The van der Waals surface area contributed by atoms with Gasteiger partial charge in [-0.25, -0.2) is 9.78 Å². The van der Waals surface area contributed by atoms with Gasteiger partial charge in [0.05, 0.1) is 5.56 Å². The number of aromatic nitrogens is 1. The van der Waals surface area contributed by atoms with Crippen molar-refractivity contribution in [3.05, 3.63) is 59.3 Å². The molecule has 0 fully saturated rings. The van der Waals surface area contributed by atoms with Crippen LogP contribution in [0.15, 0.2) is 42.6 Å². The Kier molecular flexibility index (Phi) is 3.29. The highest BCUT2D eigenvalue weighted by atomic mass is 16.5. The number of ether oxygens (including phenoxy) is 1. The van der Waals surface area contributed by atoms with Gasteiger partial charge in [0, 0.05) is 24.2 Å². The number of fused-ring (bicyclic) bond motifs is 1. The molecule has 0 saturated heterocycles. The summed E-state index contributed by atoms with van der Waals surface area (Å²) in [5.41, 5.74) is 2.03. The van der Waals surface area contributed by atoms with E-state index < -0.39 is 5.97 Å². The van der Waals surface area contributed by atoms with Crippen molar-refractivity contribution in [3.63, 3.8) is 0 Å². The van der Waals surface area contributed by atoms with Gasteiger partial charge in [0.15, 0.2) is 5.78 Å². The third-order valence-electron chi connectivity index (χ3n) is 3.33. The maximum Gasteiger partial charge on any atom is 0.344 e. The number of ketones is 1. The number of carbonyl (C=O) groups is 2. The highest BCUT2D eigenvalue weighted by molar-refractivity contribution is 6.01. The van der Waals surface area contributed by atoms with E-state index in [1.807, 2.05) is 6.07 Å². The van der Waals surface area contributed by atoms with Crippen LogP contribution in [0.4, 0.5) is 0 Å². The first kappa shape index (κ1) is 12.5. The number of pyridine rings is 1. The van der Waals surface area contributed by atoms with Gasteiger partial charge in [-0.05, 0) is 36.6 Å². The summed E-state index contributed by atoms with van der Waals surface area (Å²) in [4.78, 5) is 27.8. The summed E-state index contributed by atoms with van der Waals surface area (Å²) in [5.74, 6) is -0.148. The summed E-state index contributed by atoms with van der Waals surface area (Å²) in [7, 11) is 0. The van der Waals surface area contributed by atoms with Crippen LogP contribution < -0.4 is 4.74 Å². The van der Waals surface area contributed by atoms with Crippen molar-refractivity contribution in [1.29, 1.82) is 0 Å². The molecule has 1 heterocycles. The Morgan fingerprint density at radius 2 is 2.05 bits per heavy atom. The Hall–Kier alpha value is -2.49. The van der Waals surface area contributed by atoms with Gasteiger partial charge in [-0.1, -0.05) is 12.1 Å². The number of benzene rings is 1. The average molecular weight is 267 g/mol. The average Bonchev–Trinajstić information content (AvgIpc) is 2.48. The first-order valence-electron chi connectivity index (χ1n) is 6.53. The molecule has 100 valence electrons. The van der Waals surface area contributed by atoms with Gasteiger partial charge in [0.25, 0.3) is 0 Å². The van der Waals surface area contributed by atoms with Crippen LogP contribution >= 0.6 is 0 Å². The van der Waals surface area contributed by atoms with E-state index in [9.17, 15) is 9.59 Å². The molecular weight excluding hydrogens is 254 g/mol. The minimum absolute atomic E-state index is 0.0961. The van der Waals surface area contributed by atoms with Gasteiger partial charge >= 0.3 is 5.97 Å². The lowest BCUT2D eigenvalue weighted by molar-refractivity contribution is 0.0727. The van der Waals surface area contributed by atoms with Gasteiger partial charge in [-0.2, -0.15) is 0 Å². The van der Waals surface area contributed by atoms with E-state index in [1.165, 1.54) is 0 Å². The maximum atomic E-state index is 12.0.